The van der Waals surface area contributed by atoms with Crippen molar-refractivity contribution in [1.29, 1.82) is 0 Å². The molecule has 0 aromatic carbocycles. The van der Waals surface area contributed by atoms with Gasteiger partial charge in [0.15, 0.2) is 0 Å². The van der Waals surface area contributed by atoms with Crippen LogP contribution in [0.2, 0.25) is 0 Å². The molecule has 128 valence electrons. The van der Waals surface area contributed by atoms with Crippen LogP contribution in [0, 0.1) is 0 Å². The quantitative estimate of drug-likeness (QED) is 0.626. The van der Waals surface area contributed by atoms with E-state index in [4.69, 9.17) is 22.9 Å². The van der Waals surface area contributed by atoms with E-state index in [0.29, 0.717) is 11.6 Å². The number of aryl methyl sites for hydroxylation is 2. The lowest BCUT2D eigenvalue weighted by Gasteiger charge is -2.17. The Kier molecular flexibility index (Phi) is 4.92. The van der Waals surface area contributed by atoms with Crippen molar-refractivity contribution in [1.82, 2.24) is 14.9 Å². The maximum Gasteiger partial charge on any atom is 0.142 e. The second kappa shape index (κ2) is 7.14. The van der Waals surface area contributed by atoms with Crippen LogP contribution >= 0.6 is 35.3 Å². The highest BCUT2D eigenvalue weighted by atomic mass is 32.2. The van der Waals surface area contributed by atoms with E-state index in [9.17, 15) is 0 Å². The van der Waals surface area contributed by atoms with E-state index < -0.39 is 0 Å². The molecular formula is C17H22N4S3. The van der Waals surface area contributed by atoms with Gasteiger partial charge in [-0.1, -0.05) is 30.4 Å². The van der Waals surface area contributed by atoms with Crippen LogP contribution in [-0.2, 0) is 18.6 Å². The molecule has 1 fully saturated rings. The first-order valence-corrected chi connectivity index (χ1v) is 10.9. The van der Waals surface area contributed by atoms with Gasteiger partial charge in [0.2, 0.25) is 0 Å². The van der Waals surface area contributed by atoms with E-state index in [2.05, 4.69) is 9.88 Å². The molecule has 2 aliphatic rings. The molecule has 0 atom stereocenters. The van der Waals surface area contributed by atoms with Gasteiger partial charge in [-0.05, 0) is 44.1 Å². The number of nitrogens with zero attached hydrogens (tertiary/aromatic N) is 3. The fourth-order valence-electron chi connectivity index (χ4n) is 3.59. The predicted molar refractivity (Wildman–Crippen MR) is 108 cm³/mol. The van der Waals surface area contributed by atoms with Gasteiger partial charge in [-0.15, -0.1) is 11.3 Å². The van der Waals surface area contributed by atoms with Gasteiger partial charge >= 0.3 is 0 Å². The van der Waals surface area contributed by atoms with Gasteiger partial charge in [-0.2, -0.15) is 0 Å². The second-order valence-electron chi connectivity index (χ2n) is 6.52. The molecule has 1 aliphatic heterocycles. The van der Waals surface area contributed by atoms with Crippen molar-refractivity contribution in [2.24, 2.45) is 0 Å². The molecule has 0 spiro atoms. The highest BCUT2D eigenvalue weighted by Crippen LogP contribution is 2.37. The molecular weight excluding hydrogens is 356 g/mol. The Morgan fingerprint density at radius 2 is 1.92 bits per heavy atom. The van der Waals surface area contributed by atoms with E-state index in [1.165, 1.54) is 49.0 Å². The molecule has 0 bridgehead atoms. The van der Waals surface area contributed by atoms with Crippen molar-refractivity contribution in [2.45, 2.75) is 50.7 Å². The lowest BCUT2D eigenvalue weighted by atomic mass is 10.1. The van der Waals surface area contributed by atoms with Crippen molar-refractivity contribution in [2.75, 3.05) is 18.8 Å². The Labute approximate surface area is 156 Å². The highest BCUT2D eigenvalue weighted by Gasteiger charge is 2.20. The van der Waals surface area contributed by atoms with Crippen LogP contribution in [-0.4, -0.2) is 32.3 Å². The molecule has 24 heavy (non-hydrogen) atoms. The SMILES string of the molecule is Nc1nc(CSC(=S)N2CCCC2)nc2sc3c(c12)CCCCC3. The van der Waals surface area contributed by atoms with Crippen LogP contribution in [0.5, 0.6) is 0 Å². The lowest BCUT2D eigenvalue weighted by molar-refractivity contribution is 0.539. The second-order valence-corrected chi connectivity index (χ2v) is 9.21. The number of anilines is 1. The molecule has 0 unspecified atom stereocenters. The number of aromatic nitrogens is 2. The summed E-state index contributed by atoms with van der Waals surface area (Å²) >= 11 is 9.01. The van der Waals surface area contributed by atoms with Crippen LogP contribution in [0.4, 0.5) is 5.82 Å². The minimum Gasteiger partial charge on any atom is -0.383 e. The summed E-state index contributed by atoms with van der Waals surface area (Å²) in [5.41, 5.74) is 7.72. The van der Waals surface area contributed by atoms with Crippen LogP contribution in [0.3, 0.4) is 0 Å². The summed E-state index contributed by atoms with van der Waals surface area (Å²) in [6.45, 7) is 2.18. The molecule has 1 aliphatic carbocycles. The molecule has 7 heteroatoms. The van der Waals surface area contributed by atoms with Gasteiger partial charge in [-0.3, -0.25) is 0 Å². The molecule has 0 radical (unpaired) electrons. The predicted octanol–water partition coefficient (Wildman–Crippen LogP) is 4.16. The van der Waals surface area contributed by atoms with Crippen molar-refractivity contribution in [3.63, 3.8) is 0 Å². The summed E-state index contributed by atoms with van der Waals surface area (Å²) in [5, 5.41) is 1.12. The topological polar surface area (TPSA) is 55.0 Å². The summed E-state index contributed by atoms with van der Waals surface area (Å²) < 4.78 is 0.969. The Morgan fingerprint density at radius 1 is 1.12 bits per heavy atom. The van der Waals surface area contributed by atoms with Crippen molar-refractivity contribution in [3.8, 4) is 0 Å². The average molecular weight is 379 g/mol. The van der Waals surface area contributed by atoms with Crippen LogP contribution in [0.1, 0.15) is 48.4 Å². The number of hydrogen-bond acceptors (Lipinski definition) is 6. The molecule has 0 saturated carbocycles. The number of rotatable bonds is 2. The van der Waals surface area contributed by atoms with Gasteiger partial charge in [0.25, 0.3) is 0 Å². The normalized spacial score (nSPS) is 17.9. The number of thiophene rings is 1. The Hall–Kier alpha value is -0.920. The number of nitrogen functional groups attached to an aromatic ring is 1. The van der Waals surface area contributed by atoms with Crippen LogP contribution in [0.15, 0.2) is 0 Å². The number of fused-ring (bicyclic) bond motifs is 3. The van der Waals surface area contributed by atoms with Gasteiger partial charge in [0.05, 0.1) is 11.1 Å². The average Bonchev–Trinajstić information content (AvgIpc) is 3.16. The smallest absolute Gasteiger partial charge is 0.142 e. The Morgan fingerprint density at radius 3 is 2.75 bits per heavy atom. The standard InChI is InChI=1S/C17H22N4S3/c18-15-14-11-6-2-1-3-7-12(11)24-16(14)20-13(19-15)10-23-17(22)21-8-4-5-9-21/h1-10H2,(H2,18,19,20). The van der Waals surface area contributed by atoms with Crippen LogP contribution in [0.25, 0.3) is 10.2 Å². The summed E-state index contributed by atoms with van der Waals surface area (Å²) in [7, 11) is 0. The third-order valence-corrected chi connectivity index (χ3v) is 7.53. The van der Waals surface area contributed by atoms with Crippen molar-refractivity contribution in [3.05, 3.63) is 16.3 Å². The van der Waals surface area contributed by atoms with E-state index in [-0.39, 0.29) is 0 Å². The minimum absolute atomic E-state index is 0.655. The third-order valence-electron chi connectivity index (χ3n) is 4.83. The Balaban J connectivity index is 1.55. The van der Waals surface area contributed by atoms with Crippen molar-refractivity contribution >= 4 is 55.7 Å². The number of likely N-dealkylation sites (tertiary alicyclic amines) is 1. The monoisotopic (exact) mass is 378 g/mol. The van der Waals surface area contributed by atoms with E-state index in [0.717, 1.165) is 39.9 Å². The number of thiocarbonyl (C=S) groups is 1. The minimum atomic E-state index is 0.655. The molecule has 2 N–H and O–H groups in total. The molecule has 0 amide bonds. The van der Waals surface area contributed by atoms with E-state index >= 15 is 0 Å². The molecule has 2 aromatic heterocycles. The highest BCUT2D eigenvalue weighted by molar-refractivity contribution is 8.22. The lowest BCUT2D eigenvalue weighted by Crippen LogP contribution is -2.23. The molecule has 2 aromatic rings. The molecule has 3 heterocycles. The maximum atomic E-state index is 6.31. The summed E-state index contributed by atoms with van der Waals surface area (Å²) in [6.07, 6.45) is 8.62. The summed E-state index contributed by atoms with van der Waals surface area (Å²) in [4.78, 5) is 14.2. The van der Waals surface area contributed by atoms with Crippen molar-refractivity contribution < 1.29 is 0 Å². The van der Waals surface area contributed by atoms with Gasteiger partial charge in [0, 0.05) is 18.0 Å². The van der Waals surface area contributed by atoms with Crippen LogP contribution < -0.4 is 5.73 Å². The van der Waals surface area contributed by atoms with Gasteiger partial charge in [0.1, 0.15) is 20.8 Å². The van der Waals surface area contributed by atoms with E-state index in [1.54, 1.807) is 11.8 Å². The number of hydrogen-bond donors (Lipinski definition) is 1. The molecule has 4 rings (SSSR count). The zero-order valence-electron chi connectivity index (χ0n) is 13.7. The first kappa shape index (κ1) is 16.5. The maximum absolute atomic E-state index is 6.31. The zero-order valence-corrected chi connectivity index (χ0v) is 16.2. The van der Waals surface area contributed by atoms with Gasteiger partial charge in [-0.25, -0.2) is 9.97 Å². The summed E-state index contributed by atoms with van der Waals surface area (Å²) in [6, 6.07) is 0. The molecule has 1 saturated heterocycles. The van der Waals surface area contributed by atoms with E-state index in [1.807, 2.05) is 11.3 Å². The number of thioether (sulfide) groups is 1. The fourth-order valence-corrected chi connectivity index (χ4v) is 5.98. The largest absolute Gasteiger partial charge is 0.383 e. The molecule has 4 nitrogen and oxygen atoms in total. The third kappa shape index (κ3) is 3.26. The fraction of sp³-hybridized carbons (Fsp3) is 0.588. The zero-order chi connectivity index (χ0) is 16.5. The number of nitrogens with two attached hydrogens (primary N) is 1. The summed E-state index contributed by atoms with van der Waals surface area (Å²) in [5.74, 6) is 2.17. The Bertz CT molecular complexity index is 765. The first-order valence-electron chi connectivity index (χ1n) is 8.70. The van der Waals surface area contributed by atoms with Gasteiger partial charge < -0.3 is 10.6 Å². The first-order chi connectivity index (χ1) is 11.7.